The molecule has 2 nitrogen and oxygen atoms in total. The lowest BCUT2D eigenvalue weighted by Gasteiger charge is -2.21. The molecule has 0 saturated carbocycles. The number of phenols is 1. The molecular weight excluding hydrogens is 253 g/mol. The third-order valence-electron chi connectivity index (χ3n) is 3.52. The summed E-state index contributed by atoms with van der Waals surface area (Å²) in [6.45, 7) is 5.97. The summed E-state index contributed by atoms with van der Waals surface area (Å²) in [7, 11) is 0. The van der Waals surface area contributed by atoms with E-state index in [0.717, 1.165) is 16.7 Å². The smallest absolute Gasteiger partial charge is 0.123 e. The summed E-state index contributed by atoms with van der Waals surface area (Å²) in [5.74, 6) is 0.0708. The molecular formula is C17H20FNO. The number of halogens is 1. The summed E-state index contributed by atoms with van der Waals surface area (Å²) in [6, 6.07) is 12.2. The van der Waals surface area contributed by atoms with Crippen LogP contribution in [0.15, 0.2) is 42.5 Å². The van der Waals surface area contributed by atoms with Crippen LogP contribution < -0.4 is 5.32 Å². The van der Waals surface area contributed by atoms with Gasteiger partial charge in [0.05, 0.1) is 0 Å². The average molecular weight is 273 g/mol. The van der Waals surface area contributed by atoms with E-state index in [9.17, 15) is 9.50 Å². The van der Waals surface area contributed by atoms with Crippen molar-refractivity contribution >= 4 is 0 Å². The van der Waals surface area contributed by atoms with Crippen LogP contribution in [0.4, 0.5) is 4.39 Å². The van der Waals surface area contributed by atoms with Gasteiger partial charge in [-0.2, -0.15) is 0 Å². The first-order valence-electron chi connectivity index (χ1n) is 6.78. The fraction of sp³-hybridized carbons (Fsp3) is 0.294. The van der Waals surface area contributed by atoms with Gasteiger partial charge in [0.2, 0.25) is 0 Å². The van der Waals surface area contributed by atoms with Gasteiger partial charge < -0.3 is 10.4 Å². The van der Waals surface area contributed by atoms with Crippen molar-refractivity contribution in [2.75, 3.05) is 0 Å². The molecule has 0 heterocycles. The zero-order valence-corrected chi connectivity index (χ0v) is 12.0. The van der Waals surface area contributed by atoms with Gasteiger partial charge in [-0.3, -0.25) is 0 Å². The maximum Gasteiger partial charge on any atom is 0.123 e. The van der Waals surface area contributed by atoms with Gasteiger partial charge in [0, 0.05) is 17.6 Å². The molecule has 3 heteroatoms. The minimum absolute atomic E-state index is 0.00986. The highest BCUT2D eigenvalue weighted by atomic mass is 19.1. The van der Waals surface area contributed by atoms with Crippen LogP contribution in [0.5, 0.6) is 5.75 Å². The molecule has 0 bridgehead atoms. The van der Waals surface area contributed by atoms with Crippen LogP contribution >= 0.6 is 0 Å². The summed E-state index contributed by atoms with van der Waals surface area (Å²) in [6.07, 6.45) is 0. The summed E-state index contributed by atoms with van der Waals surface area (Å²) in [5, 5.41) is 13.4. The first-order chi connectivity index (χ1) is 9.47. The molecule has 2 aromatic carbocycles. The van der Waals surface area contributed by atoms with Crippen LogP contribution in [-0.2, 0) is 0 Å². The second-order valence-corrected chi connectivity index (χ2v) is 5.22. The van der Waals surface area contributed by atoms with E-state index in [1.807, 2.05) is 32.9 Å². The second kappa shape index (κ2) is 6.06. The molecule has 2 N–H and O–H groups in total. The van der Waals surface area contributed by atoms with Crippen LogP contribution in [0.1, 0.15) is 42.6 Å². The van der Waals surface area contributed by atoms with Gasteiger partial charge in [-0.1, -0.05) is 24.3 Å². The normalized spacial score (nSPS) is 14.0. The van der Waals surface area contributed by atoms with Gasteiger partial charge in [0.25, 0.3) is 0 Å². The molecule has 0 amide bonds. The molecule has 0 aliphatic rings. The summed E-state index contributed by atoms with van der Waals surface area (Å²) < 4.78 is 12.9. The van der Waals surface area contributed by atoms with E-state index in [2.05, 4.69) is 5.32 Å². The molecule has 0 aliphatic heterocycles. The number of nitrogens with one attached hydrogen (secondary N) is 1. The molecule has 20 heavy (non-hydrogen) atoms. The van der Waals surface area contributed by atoms with Crippen LogP contribution in [0.2, 0.25) is 0 Å². The van der Waals surface area contributed by atoms with E-state index in [4.69, 9.17) is 0 Å². The number of hydrogen-bond acceptors (Lipinski definition) is 2. The number of hydrogen-bond donors (Lipinski definition) is 2. The van der Waals surface area contributed by atoms with Crippen LogP contribution in [-0.4, -0.2) is 5.11 Å². The van der Waals surface area contributed by atoms with Crippen molar-refractivity contribution in [2.24, 2.45) is 0 Å². The lowest BCUT2D eigenvalue weighted by molar-refractivity contribution is 0.438. The quantitative estimate of drug-likeness (QED) is 0.872. The summed E-state index contributed by atoms with van der Waals surface area (Å²) >= 11 is 0. The van der Waals surface area contributed by atoms with Gasteiger partial charge in [0.15, 0.2) is 0 Å². The lowest BCUT2D eigenvalue weighted by atomic mass is 10.0. The van der Waals surface area contributed by atoms with Crippen LogP contribution in [0.25, 0.3) is 0 Å². The molecule has 2 aromatic rings. The van der Waals surface area contributed by atoms with Crippen LogP contribution in [0.3, 0.4) is 0 Å². The van der Waals surface area contributed by atoms with E-state index in [1.54, 1.807) is 18.2 Å². The summed E-state index contributed by atoms with van der Waals surface area (Å²) in [4.78, 5) is 0. The molecule has 2 rings (SSSR count). The number of rotatable bonds is 4. The van der Waals surface area contributed by atoms with Crippen molar-refractivity contribution in [3.05, 3.63) is 65.0 Å². The zero-order chi connectivity index (χ0) is 14.7. The molecule has 0 saturated heterocycles. The van der Waals surface area contributed by atoms with Crippen molar-refractivity contribution in [3.63, 3.8) is 0 Å². The number of benzene rings is 2. The molecule has 0 fully saturated rings. The Bertz CT molecular complexity index is 580. The molecule has 106 valence electrons. The third-order valence-corrected chi connectivity index (χ3v) is 3.52. The Morgan fingerprint density at radius 2 is 1.65 bits per heavy atom. The molecule has 1 unspecified atom stereocenters. The van der Waals surface area contributed by atoms with Crippen molar-refractivity contribution in [1.29, 1.82) is 0 Å². The van der Waals surface area contributed by atoms with E-state index < -0.39 is 0 Å². The fourth-order valence-corrected chi connectivity index (χ4v) is 2.33. The fourth-order valence-electron chi connectivity index (χ4n) is 2.33. The minimum Gasteiger partial charge on any atom is -0.508 e. The molecule has 0 aromatic heterocycles. The van der Waals surface area contributed by atoms with Gasteiger partial charge in [-0.05, 0) is 50.1 Å². The molecule has 0 aliphatic carbocycles. The van der Waals surface area contributed by atoms with E-state index in [0.29, 0.717) is 5.75 Å². The Morgan fingerprint density at radius 3 is 2.25 bits per heavy atom. The van der Waals surface area contributed by atoms with Crippen molar-refractivity contribution in [2.45, 2.75) is 32.9 Å². The van der Waals surface area contributed by atoms with E-state index in [-0.39, 0.29) is 17.9 Å². The Balaban J connectivity index is 2.10. The molecule has 0 radical (unpaired) electrons. The highest BCUT2D eigenvalue weighted by Gasteiger charge is 2.14. The SMILES string of the molecule is Cc1ccc(C(C)N[C@@H](C)c2ccc(F)cc2)c(O)c1. The summed E-state index contributed by atoms with van der Waals surface area (Å²) in [5.41, 5.74) is 2.92. The van der Waals surface area contributed by atoms with E-state index >= 15 is 0 Å². The lowest BCUT2D eigenvalue weighted by Crippen LogP contribution is -2.22. The maximum absolute atomic E-state index is 12.9. The topological polar surface area (TPSA) is 32.3 Å². The van der Waals surface area contributed by atoms with E-state index in [1.165, 1.54) is 12.1 Å². The predicted octanol–water partition coefficient (Wildman–Crippen LogP) is 4.25. The second-order valence-electron chi connectivity index (χ2n) is 5.22. The average Bonchev–Trinajstić information content (AvgIpc) is 2.39. The molecule has 0 spiro atoms. The Kier molecular flexibility index (Phi) is 4.40. The highest BCUT2D eigenvalue weighted by Crippen LogP contribution is 2.27. The first-order valence-corrected chi connectivity index (χ1v) is 6.78. The largest absolute Gasteiger partial charge is 0.508 e. The van der Waals surface area contributed by atoms with Gasteiger partial charge >= 0.3 is 0 Å². The standard InChI is InChI=1S/C17H20FNO/c1-11-4-9-16(17(20)10-11)13(3)19-12(2)14-5-7-15(18)8-6-14/h4-10,12-13,19-20H,1-3H3/t12-,13?/m0/s1. The highest BCUT2D eigenvalue weighted by molar-refractivity contribution is 5.38. The Hall–Kier alpha value is -1.87. The Morgan fingerprint density at radius 1 is 1.00 bits per heavy atom. The monoisotopic (exact) mass is 273 g/mol. The van der Waals surface area contributed by atoms with Crippen molar-refractivity contribution in [3.8, 4) is 5.75 Å². The zero-order valence-electron chi connectivity index (χ0n) is 12.0. The van der Waals surface area contributed by atoms with Crippen molar-refractivity contribution in [1.82, 2.24) is 5.32 Å². The number of aryl methyl sites for hydroxylation is 1. The Labute approximate surface area is 119 Å². The van der Waals surface area contributed by atoms with Crippen LogP contribution in [0, 0.1) is 12.7 Å². The van der Waals surface area contributed by atoms with Gasteiger partial charge in [-0.25, -0.2) is 4.39 Å². The minimum atomic E-state index is -0.231. The van der Waals surface area contributed by atoms with Gasteiger partial charge in [-0.15, -0.1) is 0 Å². The predicted molar refractivity (Wildman–Crippen MR) is 79.2 cm³/mol. The molecule has 2 atom stereocenters. The number of phenolic OH excluding ortho intramolecular Hbond substituents is 1. The van der Waals surface area contributed by atoms with Gasteiger partial charge in [0.1, 0.15) is 11.6 Å². The first kappa shape index (κ1) is 14.5. The maximum atomic E-state index is 12.9. The van der Waals surface area contributed by atoms with Crippen molar-refractivity contribution < 1.29 is 9.50 Å². The number of aromatic hydroxyl groups is 1. The third kappa shape index (κ3) is 3.36.